The molecule has 0 spiro atoms. The van der Waals surface area contributed by atoms with Crippen LogP contribution in [-0.2, 0) is 22.6 Å². The zero-order valence-electron chi connectivity index (χ0n) is 24.2. The van der Waals surface area contributed by atoms with E-state index >= 15 is 0 Å². The number of nitrogens with zero attached hydrogens (tertiary/aromatic N) is 5. The van der Waals surface area contributed by atoms with E-state index in [4.69, 9.17) is 9.47 Å². The maximum Gasteiger partial charge on any atom is 0.248 e. The van der Waals surface area contributed by atoms with Gasteiger partial charge >= 0.3 is 0 Å². The number of tetrazole rings is 1. The van der Waals surface area contributed by atoms with Gasteiger partial charge in [-0.15, -0.1) is 21.5 Å². The van der Waals surface area contributed by atoms with Crippen LogP contribution in [0.1, 0.15) is 48.6 Å². The summed E-state index contributed by atoms with van der Waals surface area (Å²) >= 11 is 1.43. The summed E-state index contributed by atoms with van der Waals surface area (Å²) in [5, 5.41) is 17.3. The fraction of sp³-hybridized carbons (Fsp3) is 0.387. The van der Waals surface area contributed by atoms with E-state index in [0.29, 0.717) is 17.9 Å². The summed E-state index contributed by atoms with van der Waals surface area (Å²) in [5.41, 5.74) is 1.10. The predicted octanol–water partition coefficient (Wildman–Crippen LogP) is 4.82. The van der Waals surface area contributed by atoms with E-state index < -0.39 is 11.9 Å². The number of amides is 2. The fourth-order valence-corrected chi connectivity index (χ4v) is 6.19. The minimum Gasteiger partial charge on any atom is -0.493 e. The van der Waals surface area contributed by atoms with Crippen molar-refractivity contribution < 1.29 is 23.5 Å². The van der Waals surface area contributed by atoms with E-state index in [9.17, 15) is 14.0 Å². The van der Waals surface area contributed by atoms with Crippen LogP contribution in [0.3, 0.4) is 0 Å². The Labute approximate surface area is 253 Å². The molecule has 2 aromatic heterocycles. The molecule has 226 valence electrons. The summed E-state index contributed by atoms with van der Waals surface area (Å²) in [4.78, 5) is 31.4. The Hall–Kier alpha value is -4.32. The summed E-state index contributed by atoms with van der Waals surface area (Å²) in [5.74, 6) is 0.194. The Balaban J connectivity index is 1.43. The van der Waals surface area contributed by atoms with Gasteiger partial charge in [-0.3, -0.25) is 9.59 Å². The number of methoxy groups -OCH3 is 2. The summed E-state index contributed by atoms with van der Waals surface area (Å²) in [7, 11) is 3.14. The van der Waals surface area contributed by atoms with Crippen LogP contribution < -0.4 is 14.8 Å². The number of benzene rings is 2. The molecule has 1 aliphatic carbocycles. The molecule has 12 heteroatoms. The van der Waals surface area contributed by atoms with Gasteiger partial charge < -0.3 is 19.7 Å². The summed E-state index contributed by atoms with van der Waals surface area (Å²) in [6.07, 6.45) is 5.60. The SMILES string of the molecule is COc1ccc(CCN(C(=O)Cn2nnc(-c3ccccc3F)n2)C(C(=O)NC2CCCCC2)c2cccs2)cc1OC. The van der Waals surface area contributed by atoms with Gasteiger partial charge in [0.05, 0.1) is 19.8 Å². The van der Waals surface area contributed by atoms with Gasteiger partial charge in [0.15, 0.2) is 11.5 Å². The number of carbonyl (C=O) groups excluding carboxylic acids is 2. The molecule has 1 unspecified atom stereocenters. The van der Waals surface area contributed by atoms with Crippen LogP contribution in [0.5, 0.6) is 11.5 Å². The van der Waals surface area contributed by atoms with Crippen LogP contribution in [0.4, 0.5) is 4.39 Å². The third-order valence-electron chi connectivity index (χ3n) is 7.58. The van der Waals surface area contributed by atoms with Gasteiger partial charge in [-0.05, 0) is 65.8 Å². The molecule has 43 heavy (non-hydrogen) atoms. The standard InChI is InChI=1S/C31H35FN6O4S/c1-41-25-15-14-21(19-26(25)42-2)16-17-37(28(39)20-38-35-30(34-36-38)23-11-6-7-12-24(23)32)29(27-13-8-18-43-27)31(40)33-22-9-4-3-5-10-22/h6-8,11-15,18-19,22,29H,3-5,9-10,16-17,20H2,1-2H3,(H,33,40). The number of hydrogen-bond donors (Lipinski definition) is 1. The lowest BCUT2D eigenvalue weighted by molar-refractivity contribution is -0.142. The van der Waals surface area contributed by atoms with E-state index in [0.717, 1.165) is 47.3 Å². The van der Waals surface area contributed by atoms with Crippen molar-refractivity contribution in [1.29, 1.82) is 0 Å². The van der Waals surface area contributed by atoms with Gasteiger partial charge in [0, 0.05) is 17.5 Å². The maximum atomic E-state index is 14.3. The van der Waals surface area contributed by atoms with Crippen LogP contribution in [-0.4, -0.2) is 63.7 Å². The Morgan fingerprint density at radius 3 is 2.58 bits per heavy atom. The van der Waals surface area contributed by atoms with E-state index in [1.54, 1.807) is 37.3 Å². The van der Waals surface area contributed by atoms with Gasteiger partial charge in [-0.2, -0.15) is 4.80 Å². The average molecular weight is 607 g/mol. The number of ether oxygens (including phenoxy) is 2. The molecular weight excluding hydrogens is 571 g/mol. The molecule has 2 aromatic carbocycles. The lowest BCUT2D eigenvalue weighted by atomic mass is 9.95. The van der Waals surface area contributed by atoms with Crippen molar-refractivity contribution in [3.05, 3.63) is 76.2 Å². The minimum atomic E-state index is -0.843. The third kappa shape index (κ3) is 7.37. The van der Waals surface area contributed by atoms with Crippen molar-refractivity contribution in [2.45, 2.75) is 57.2 Å². The molecule has 4 aromatic rings. The molecular formula is C31H35FN6O4S. The van der Waals surface area contributed by atoms with Gasteiger partial charge in [-0.1, -0.05) is 43.5 Å². The molecule has 1 aliphatic rings. The second-order valence-corrected chi connectivity index (χ2v) is 11.4. The molecule has 0 bridgehead atoms. The fourth-order valence-electron chi connectivity index (χ4n) is 5.35. The van der Waals surface area contributed by atoms with Gasteiger partial charge in [0.2, 0.25) is 17.6 Å². The van der Waals surface area contributed by atoms with Crippen molar-refractivity contribution >= 4 is 23.2 Å². The smallest absolute Gasteiger partial charge is 0.248 e. The van der Waals surface area contributed by atoms with Crippen LogP contribution >= 0.6 is 11.3 Å². The summed E-state index contributed by atoms with van der Waals surface area (Å²) in [6.45, 7) is -0.0319. The Bertz CT molecular complexity index is 1520. The minimum absolute atomic E-state index is 0.0758. The summed E-state index contributed by atoms with van der Waals surface area (Å²) in [6, 6.07) is 14.7. The van der Waals surface area contributed by atoms with E-state index in [1.165, 1.54) is 17.4 Å². The van der Waals surface area contributed by atoms with Gasteiger partial charge in [0.25, 0.3) is 0 Å². The van der Waals surface area contributed by atoms with Crippen LogP contribution in [0, 0.1) is 5.82 Å². The second kappa shape index (κ2) is 14.2. The number of carbonyl (C=O) groups is 2. The van der Waals surface area contributed by atoms with Crippen molar-refractivity contribution in [3.63, 3.8) is 0 Å². The molecule has 1 atom stereocenters. The Morgan fingerprint density at radius 1 is 1.07 bits per heavy atom. The lowest BCUT2D eigenvalue weighted by Gasteiger charge is -2.32. The largest absolute Gasteiger partial charge is 0.493 e. The first-order chi connectivity index (χ1) is 21.0. The van der Waals surface area contributed by atoms with E-state index in [1.807, 2.05) is 35.7 Å². The highest BCUT2D eigenvalue weighted by molar-refractivity contribution is 7.10. The van der Waals surface area contributed by atoms with Crippen molar-refractivity contribution in [1.82, 2.24) is 30.4 Å². The van der Waals surface area contributed by atoms with Crippen molar-refractivity contribution in [3.8, 4) is 22.9 Å². The molecule has 5 rings (SSSR count). The third-order valence-corrected chi connectivity index (χ3v) is 8.50. The first-order valence-electron chi connectivity index (χ1n) is 14.3. The Morgan fingerprint density at radius 2 is 1.86 bits per heavy atom. The number of rotatable bonds is 12. The first-order valence-corrected chi connectivity index (χ1v) is 15.2. The Kier molecular flexibility index (Phi) is 9.98. The lowest BCUT2D eigenvalue weighted by Crippen LogP contribution is -2.48. The highest BCUT2D eigenvalue weighted by atomic mass is 32.1. The highest BCUT2D eigenvalue weighted by Crippen LogP contribution is 2.30. The normalized spacial score (nSPS) is 14.2. The zero-order valence-corrected chi connectivity index (χ0v) is 25.1. The van der Waals surface area contributed by atoms with Crippen molar-refractivity contribution in [2.24, 2.45) is 0 Å². The predicted molar refractivity (Wildman–Crippen MR) is 160 cm³/mol. The zero-order chi connectivity index (χ0) is 30.2. The molecule has 0 saturated heterocycles. The molecule has 1 saturated carbocycles. The highest BCUT2D eigenvalue weighted by Gasteiger charge is 2.34. The maximum absolute atomic E-state index is 14.3. The van der Waals surface area contributed by atoms with Crippen LogP contribution in [0.25, 0.3) is 11.4 Å². The average Bonchev–Trinajstić information content (AvgIpc) is 3.72. The van der Waals surface area contributed by atoms with Gasteiger partial charge in [0.1, 0.15) is 18.4 Å². The number of thiophene rings is 1. The number of nitrogens with one attached hydrogen (secondary N) is 1. The van der Waals surface area contributed by atoms with Gasteiger partial charge in [-0.25, -0.2) is 4.39 Å². The topological polar surface area (TPSA) is 111 Å². The monoisotopic (exact) mass is 606 g/mol. The molecule has 2 amide bonds. The van der Waals surface area contributed by atoms with Crippen molar-refractivity contribution in [2.75, 3.05) is 20.8 Å². The first kappa shape index (κ1) is 30.1. The van der Waals surface area contributed by atoms with E-state index in [2.05, 4.69) is 20.7 Å². The molecule has 0 radical (unpaired) electrons. The molecule has 1 N–H and O–H groups in total. The quantitative estimate of drug-likeness (QED) is 0.246. The molecule has 0 aliphatic heterocycles. The molecule has 2 heterocycles. The van der Waals surface area contributed by atoms with Crippen LogP contribution in [0.2, 0.25) is 0 Å². The van der Waals surface area contributed by atoms with E-state index in [-0.39, 0.29) is 42.3 Å². The second-order valence-electron chi connectivity index (χ2n) is 10.4. The number of aromatic nitrogens is 4. The van der Waals surface area contributed by atoms with Crippen LogP contribution in [0.15, 0.2) is 60.0 Å². The molecule has 1 fully saturated rings. The summed E-state index contributed by atoms with van der Waals surface area (Å²) < 4.78 is 25.2. The number of halogens is 1. The molecule has 10 nitrogen and oxygen atoms in total. The number of hydrogen-bond acceptors (Lipinski definition) is 8.